The van der Waals surface area contributed by atoms with E-state index in [-0.39, 0.29) is 16.8 Å². The summed E-state index contributed by atoms with van der Waals surface area (Å²) in [6.45, 7) is 0. The van der Waals surface area contributed by atoms with Gasteiger partial charge in [-0.2, -0.15) is 0 Å². The summed E-state index contributed by atoms with van der Waals surface area (Å²) in [5.41, 5.74) is 5.86. The summed E-state index contributed by atoms with van der Waals surface area (Å²) in [7, 11) is 1.63. The van der Waals surface area contributed by atoms with Gasteiger partial charge in [0.05, 0.1) is 0 Å². The molecular formula is C17H18FN3O2S2. The van der Waals surface area contributed by atoms with Gasteiger partial charge in [-0.15, -0.1) is 11.3 Å². The zero-order chi connectivity index (χ0) is 18.5. The molecule has 2 aromatic rings. The van der Waals surface area contributed by atoms with E-state index in [1.807, 2.05) is 17.5 Å². The largest absolute Gasteiger partial charge is 0.303 e. The van der Waals surface area contributed by atoms with Crippen LogP contribution in [0.1, 0.15) is 10.4 Å². The molecule has 8 heteroatoms. The van der Waals surface area contributed by atoms with Crippen LogP contribution in [0.3, 0.4) is 0 Å². The molecule has 0 aliphatic heterocycles. The van der Waals surface area contributed by atoms with Crippen LogP contribution >= 0.6 is 23.6 Å². The van der Waals surface area contributed by atoms with Crippen molar-refractivity contribution in [2.75, 3.05) is 7.05 Å². The van der Waals surface area contributed by atoms with E-state index in [0.717, 1.165) is 16.7 Å². The summed E-state index contributed by atoms with van der Waals surface area (Å²) < 4.78 is 12.6. The van der Waals surface area contributed by atoms with Gasteiger partial charge in [0, 0.05) is 24.4 Å². The van der Waals surface area contributed by atoms with E-state index in [4.69, 9.17) is 12.2 Å². The minimum atomic E-state index is -0.359. The van der Waals surface area contributed by atoms with Gasteiger partial charge in [0.1, 0.15) is 12.1 Å². The number of carbonyl (C=O) groups is 2. The highest BCUT2D eigenvalue weighted by Gasteiger charge is 1.98. The molecule has 132 valence electrons. The Morgan fingerprint density at radius 2 is 2.00 bits per heavy atom. The Balaban J connectivity index is 0.000000324. The van der Waals surface area contributed by atoms with Gasteiger partial charge in [-0.25, -0.2) is 9.82 Å². The van der Waals surface area contributed by atoms with E-state index in [1.54, 1.807) is 36.6 Å². The average Bonchev–Trinajstić information content (AvgIpc) is 3.09. The number of benzene rings is 1. The molecule has 1 aromatic heterocycles. The van der Waals surface area contributed by atoms with E-state index in [9.17, 15) is 14.0 Å². The lowest BCUT2D eigenvalue weighted by Crippen LogP contribution is -2.44. The van der Waals surface area contributed by atoms with Crippen molar-refractivity contribution in [3.63, 3.8) is 0 Å². The third-order valence-electron chi connectivity index (χ3n) is 2.64. The van der Waals surface area contributed by atoms with Gasteiger partial charge < -0.3 is 4.79 Å². The highest BCUT2D eigenvalue weighted by atomic mass is 32.1. The minimum Gasteiger partial charge on any atom is -0.303 e. The van der Waals surface area contributed by atoms with Crippen molar-refractivity contribution in [2.24, 2.45) is 0 Å². The topological polar surface area (TPSA) is 70.2 Å². The number of halogens is 1. The van der Waals surface area contributed by atoms with Crippen LogP contribution in [0.2, 0.25) is 0 Å². The second kappa shape index (κ2) is 12.0. The summed E-state index contributed by atoms with van der Waals surface area (Å²) in [5, 5.41) is 4.57. The summed E-state index contributed by atoms with van der Waals surface area (Å²) in [6.07, 6.45) is 4.37. The molecule has 0 bridgehead atoms. The highest BCUT2D eigenvalue weighted by Crippen LogP contribution is 2.07. The standard InChI is InChI=1S/C11H12FN3OS.C6H6OS/c1-13-15-11(17)14-10(16)7-4-8-2-5-9(12)6-3-8;7-4-3-6-2-1-5-8-6/h2-7,13H,1H3,(H2,14,15,16,17);1-2,4-5H,3H2/b7-4+;. The molecule has 1 heterocycles. The van der Waals surface area contributed by atoms with Gasteiger partial charge in [0.15, 0.2) is 5.11 Å². The number of nitrogens with one attached hydrogen (secondary N) is 3. The first-order valence-electron chi connectivity index (χ1n) is 7.22. The number of carbonyl (C=O) groups excluding carboxylic acids is 2. The zero-order valence-corrected chi connectivity index (χ0v) is 15.1. The van der Waals surface area contributed by atoms with Crippen molar-refractivity contribution >= 4 is 46.9 Å². The van der Waals surface area contributed by atoms with Crippen molar-refractivity contribution < 1.29 is 14.0 Å². The number of hydrogen-bond acceptors (Lipinski definition) is 5. The molecule has 1 amide bonds. The first-order chi connectivity index (χ1) is 12.0. The van der Waals surface area contributed by atoms with Crippen LogP contribution in [-0.2, 0) is 16.0 Å². The molecule has 1 aromatic carbocycles. The molecule has 0 atom stereocenters. The third kappa shape index (κ3) is 9.46. The van der Waals surface area contributed by atoms with Crippen LogP contribution in [-0.4, -0.2) is 24.4 Å². The Morgan fingerprint density at radius 3 is 2.56 bits per heavy atom. The van der Waals surface area contributed by atoms with E-state index in [1.165, 1.54) is 18.2 Å². The van der Waals surface area contributed by atoms with Gasteiger partial charge in [-0.3, -0.25) is 15.5 Å². The molecule has 0 aliphatic carbocycles. The number of hydrazine groups is 1. The molecule has 0 aliphatic rings. The highest BCUT2D eigenvalue weighted by molar-refractivity contribution is 7.80. The third-order valence-corrected chi connectivity index (χ3v) is 3.74. The maximum Gasteiger partial charge on any atom is 0.250 e. The van der Waals surface area contributed by atoms with Crippen molar-refractivity contribution in [2.45, 2.75) is 6.42 Å². The molecule has 0 saturated heterocycles. The molecule has 0 unspecified atom stereocenters. The minimum absolute atomic E-state index is 0.182. The average molecular weight is 379 g/mol. The van der Waals surface area contributed by atoms with Crippen LogP contribution < -0.4 is 16.2 Å². The monoisotopic (exact) mass is 379 g/mol. The lowest BCUT2D eigenvalue weighted by Gasteiger charge is -2.05. The number of thiocarbonyl (C=S) groups is 1. The van der Waals surface area contributed by atoms with Crippen molar-refractivity contribution in [1.82, 2.24) is 16.2 Å². The molecule has 0 saturated carbocycles. The fourth-order valence-electron chi connectivity index (χ4n) is 1.56. The Kier molecular flexibility index (Phi) is 9.91. The van der Waals surface area contributed by atoms with Gasteiger partial charge >= 0.3 is 0 Å². The molecule has 0 spiro atoms. The second-order valence-corrected chi connectivity index (χ2v) is 5.97. The van der Waals surface area contributed by atoms with Crippen LogP contribution in [0, 0.1) is 5.82 Å². The van der Waals surface area contributed by atoms with E-state index < -0.39 is 0 Å². The summed E-state index contributed by atoms with van der Waals surface area (Å²) in [5.74, 6) is -0.673. The summed E-state index contributed by atoms with van der Waals surface area (Å²) in [6, 6.07) is 9.70. The van der Waals surface area contributed by atoms with Crippen molar-refractivity contribution in [3.8, 4) is 0 Å². The maximum atomic E-state index is 12.6. The second-order valence-electron chi connectivity index (χ2n) is 4.53. The Bertz CT molecular complexity index is 701. The zero-order valence-electron chi connectivity index (χ0n) is 13.5. The van der Waals surface area contributed by atoms with Crippen molar-refractivity contribution in [3.05, 3.63) is 64.1 Å². The predicted octanol–water partition coefficient (Wildman–Crippen LogP) is 2.45. The molecule has 3 N–H and O–H groups in total. The molecule has 0 fully saturated rings. The fourth-order valence-corrected chi connectivity index (χ4v) is 2.41. The predicted molar refractivity (Wildman–Crippen MR) is 102 cm³/mol. The summed E-state index contributed by atoms with van der Waals surface area (Å²) >= 11 is 6.40. The van der Waals surface area contributed by atoms with Gasteiger partial charge in [-0.05, 0) is 47.4 Å². The molecular weight excluding hydrogens is 361 g/mol. The number of rotatable bonds is 5. The number of hydrogen-bond donors (Lipinski definition) is 3. The molecule has 25 heavy (non-hydrogen) atoms. The van der Waals surface area contributed by atoms with E-state index in [0.29, 0.717) is 6.42 Å². The van der Waals surface area contributed by atoms with E-state index in [2.05, 4.69) is 16.2 Å². The van der Waals surface area contributed by atoms with E-state index >= 15 is 0 Å². The van der Waals surface area contributed by atoms with Gasteiger partial charge in [0.25, 0.3) is 0 Å². The molecule has 5 nitrogen and oxygen atoms in total. The lowest BCUT2D eigenvalue weighted by molar-refractivity contribution is -0.115. The van der Waals surface area contributed by atoms with Gasteiger partial charge in [-0.1, -0.05) is 18.2 Å². The first kappa shape index (κ1) is 20.6. The van der Waals surface area contributed by atoms with Crippen LogP contribution in [0.15, 0.2) is 47.9 Å². The number of amides is 1. The Labute approximate surface area is 154 Å². The van der Waals surface area contributed by atoms with Crippen LogP contribution in [0.5, 0.6) is 0 Å². The SMILES string of the molecule is CNNC(=S)NC(=O)/C=C/c1ccc(F)cc1.O=CCc1cccs1. The number of thiophene rings is 1. The van der Waals surface area contributed by atoms with Crippen LogP contribution in [0.25, 0.3) is 6.08 Å². The molecule has 2 rings (SSSR count). The van der Waals surface area contributed by atoms with Crippen LogP contribution in [0.4, 0.5) is 4.39 Å². The fraction of sp³-hybridized carbons (Fsp3) is 0.118. The summed E-state index contributed by atoms with van der Waals surface area (Å²) in [4.78, 5) is 22.4. The number of aldehydes is 1. The van der Waals surface area contributed by atoms with Gasteiger partial charge in [0.2, 0.25) is 5.91 Å². The first-order valence-corrected chi connectivity index (χ1v) is 8.51. The lowest BCUT2D eigenvalue weighted by atomic mass is 10.2. The smallest absolute Gasteiger partial charge is 0.250 e. The normalized spacial score (nSPS) is 9.84. The maximum absolute atomic E-state index is 12.6. The molecule has 0 radical (unpaired) electrons. The quantitative estimate of drug-likeness (QED) is 0.322. The Morgan fingerprint density at radius 1 is 1.28 bits per heavy atom. The Hall–Kier alpha value is -2.42. The van der Waals surface area contributed by atoms with Crippen molar-refractivity contribution in [1.29, 1.82) is 0 Å².